The smallest absolute Gasteiger partial charge is 0.278 e. The van der Waals surface area contributed by atoms with Crippen LogP contribution >= 0.6 is 0 Å². The van der Waals surface area contributed by atoms with E-state index in [4.69, 9.17) is 4.74 Å². The first-order chi connectivity index (χ1) is 16.0. The lowest BCUT2D eigenvalue weighted by molar-refractivity contribution is -0.137. The fourth-order valence-electron chi connectivity index (χ4n) is 3.62. The Labute approximate surface area is 192 Å². The molecule has 0 atom stereocenters. The molecule has 0 unspecified atom stereocenters. The Morgan fingerprint density at radius 2 is 1.67 bits per heavy atom. The maximum absolute atomic E-state index is 13.4. The van der Waals surface area contributed by atoms with E-state index in [1.807, 2.05) is 56.3 Å². The van der Waals surface area contributed by atoms with Crippen LogP contribution in [0, 0.1) is 12.7 Å². The van der Waals surface area contributed by atoms with Crippen molar-refractivity contribution in [3.05, 3.63) is 101 Å². The van der Waals surface area contributed by atoms with Gasteiger partial charge in [0.2, 0.25) is 0 Å². The number of ether oxygens (including phenoxy) is 1. The molecule has 0 bridgehead atoms. The van der Waals surface area contributed by atoms with Gasteiger partial charge in [-0.2, -0.15) is 0 Å². The Bertz CT molecular complexity index is 1200. The van der Waals surface area contributed by atoms with Crippen molar-refractivity contribution in [3.63, 3.8) is 0 Å². The first kappa shape index (κ1) is 22.3. The number of rotatable bonds is 8. The molecular formula is C27H25FN2O3. The first-order valence-corrected chi connectivity index (χ1v) is 10.9. The molecule has 0 spiro atoms. The van der Waals surface area contributed by atoms with Crippen LogP contribution in [0.5, 0.6) is 5.75 Å². The molecule has 4 rings (SSSR count). The molecule has 0 saturated heterocycles. The van der Waals surface area contributed by atoms with E-state index in [0.717, 1.165) is 12.0 Å². The molecule has 1 heterocycles. The zero-order chi connectivity index (χ0) is 23.4. The van der Waals surface area contributed by atoms with Gasteiger partial charge in [0.15, 0.2) is 0 Å². The van der Waals surface area contributed by atoms with E-state index in [2.05, 4.69) is 5.32 Å². The van der Waals surface area contributed by atoms with Crippen molar-refractivity contribution in [1.29, 1.82) is 0 Å². The number of amides is 2. The Kier molecular flexibility index (Phi) is 6.54. The minimum atomic E-state index is -0.431. The number of halogens is 1. The molecule has 5 nitrogen and oxygen atoms in total. The fraction of sp³-hybridized carbons (Fsp3) is 0.185. The summed E-state index contributed by atoms with van der Waals surface area (Å²) < 4.78 is 19.0. The van der Waals surface area contributed by atoms with Crippen LogP contribution < -0.4 is 10.1 Å². The van der Waals surface area contributed by atoms with Crippen LogP contribution in [-0.4, -0.2) is 23.3 Å². The van der Waals surface area contributed by atoms with Gasteiger partial charge in [0.25, 0.3) is 11.8 Å². The van der Waals surface area contributed by atoms with E-state index in [-0.39, 0.29) is 18.1 Å². The van der Waals surface area contributed by atoms with Crippen molar-refractivity contribution >= 4 is 23.1 Å². The Hall–Kier alpha value is -3.93. The van der Waals surface area contributed by atoms with Gasteiger partial charge in [-0.1, -0.05) is 55.0 Å². The second-order valence-electron chi connectivity index (χ2n) is 7.94. The summed E-state index contributed by atoms with van der Waals surface area (Å²) in [7, 11) is 0. The molecule has 3 aromatic carbocycles. The predicted octanol–water partition coefficient (Wildman–Crippen LogP) is 5.32. The quantitative estimate of drug-likeness (QED) is 0.478. The monoisotopic (exact) mass is 444 g/mol. The highest BCUT2D eigenvalue weighted by Crippen LogP contribution is 2.32. The van der Waals surface area contributed by atoms with Crippen LogP contribution in [0.1, 0.15) is 30.0 Å². The summed E-state index contributed by atoms with van der Waals surface area (Å²) in [6, 6.07) is 20.5. The second-order valence-corrected chi connectivity index (χ2v) is 7.94. The Balaban J connectivity index is 1.69. The van der Waals surface area contributed by atoms with Gasteiger partial charge in [0.05, 0.1) is 18.7 Å². The molecule has 3 aromatic rings. The number of aryl methyl sites for hydroxylation is 1. The van der Waals surface area contributed by atoms with Crippen LogP contribution in [0.2, 0.25) is 0 Å². The van der Waals surface area contributed by atoms with Gasteiger partial charge in [-0.25, -0.2) is 4.39 Å². The Morgan fingerprint density at radius 3 is 2.36 bits per heavy atom. The average molecular weight is 445 g/mol. The molecule has 6 heteroatoms. The summed E-state index contributed by atoms with van der Waals surface area (Å²) in [6.07, 6.45) is 0.881. The minimum Gasteiger partial charge on any atom is -0.494 e. The van der Waals surface area contributed by atoms with Gasteiger partial charge in [-0.15, -0.1) is 0 Å². The molecule has 0 radical (unpaired) electrons. The van der Waals surface area contributed by atoms with E-state index < -0.39 is 11.8 Å². The third kappa shape index (κ3) is 4.95. The fourth-order valence-corrected chi connectivity index (χ4v) is 3.62. The van der Waals surface area contributed by atoms with Gasteiger partial charge in [0, 0.05) is 11.8 Å². The normalized spacial score (nSPS) is 13.6. The van der Waals surface area contributed by atoms with E-state index in [1.54, 1.807) is 18.2 Å². The molecule has 1 aliphatic heterocycles. The minimum absolute atomic E-state index is 0.0537. The highest BCUT2D eigenvalue weighted by atomic mass is 19.1. The third-order valence-corrected chi connectivity index (χ3v) is 5.34. The summed E-state index contributed by atoms with van der Waals surface area (Å²) in [6.45, 7) is 4.63. The molecule has 0 aliphatic carbocycles. The number of carbonyl (C=O) groups is 2. The van der Waals surface area contributed by atoms with Crippen molar-refractivity contribution in [3.8, 4) is 5.75 Å². The van der Waals surface area contributed by atoms with Crippen molar-refractivity contribution in [2.45, 2.75) is 26.8 Å². The van der Waals surface area contributed by atoms with Gasteiger partial charge in [-0.3, -0.25) is 14.5 Å². The zero-order valence-electron chi connectivity index (χ0n) is 18.6. The molecule has 0 saturated carbocycles. The molecular weight excluding hydrogens is 419 g/mol. The highest BCUT2D eigenvalue weighted by Gasteiger charge is 2.39. The molecule has 168 valence electrons. The van der Waals surface area contributed by atoms with Gasteiger partial charge >= 0.3 is 0 Å². The SMILES string of the molecule is CCCOc1cccc(NC2=C(c3ccc(C)cc3)C(=O)N(Cc3ccc(F)cc3)C2=O)c1. The van der Waals surface area contributed by atoms with E-state index in [9.17, 15) is 14.0 Å². The zero-order valence-corrected chi connectivity index (χ0v) is 18.6. The van der Waals surface area contributed by atoms with Crippen LogP contribution in [0.4, 0.5) is 10.1 Å². The lowest BCUT2D eigenvalue weighted by Crippen LogP contribution is -2.32. The largest absolute Gasteiger partial charge is 0.494 e. The van der Waals surface area contributed by atoms with Crippen molar-refractivity contribution in [1.82, 2.24) is 4.90 Å². The Morgan fingerprint density at radius 1 is 0.939 bits per heavy atom. The molecule has 1 aliphatic rings. The summed E-state index contributed by atoms with van der Waals surface area (Å²) in [5, 5.41) is 3.15. The van der Waals surface area contributed by atoms with Crippen molar-refractivity contribution in [2.24, 2.45) is 0 Å². The number of hydrogen-bond donors (Lipinski definition) is 1. The average Bonchev–Trinajstić information content (AvgIpc) is 3.04. The number of nitrogens with one attached hydrogen (secondary N) is 1. The van der Waals surface area contributed by atoms with Crippen LogP contribution in [0.15, 0.2) is 78.5 Å². The van der Waals surface area contributed by atoms with Gasteiger partial charge < -0.3 is 10.1 Å². The maximum Gasteiger partial charge on any atom is 0.278 e. The molecule has 1 N–H and O–H groups in total. The molecule has 33 heavy (non-hydrogen) atoms. The summed E-state index contributed by atoms with van der Waals surface area (Å²) in [4.78, 5) is 28.0. The third-order valence-electron chi connectivity index (χ3n) is 5.34. The first-order valence-electron chi connectivity index (χ1n) is 10.9. The van der Waals surface area contributed by atoms with Crippen molar-refractivity contribution < 1.29 is 18.7 Å². The number of hydrogen-bond acceptors (Lipinski definition) is 4. The lowest BCUT2D eigenvalue weighted by atomic mass is 10.0. The van der Waals surface area contributed by atoms with E-state index in [0.29, 0.717) is 34.7 Å². The number of carbonyl (C=O) groups excluding carboxylic acids is 2. The highest BCUT2D eigenvalue weighted by molar-refractivity contribution is 6.36. The number of benzene rings is 3. The lowest BCUT2D eigenvalue weighted by Gasteiger charge is -2.15. The van der Waals surface area contributed by atoms with Crippen molar-refractivity contribution in [2.75, 3.05) is 11.9 Å². The summed E-state index contributed by atoms with van der Waals surface area (Å²) >= 11 is 0. The molecule has 0 aromatic heterocycles. The summed E-state index contributed by atoms with van der Waals surface area (Å²) in [5.74, 6) is -0.517. The molecule has 0 fully saturated rings. The second kappa shape index (κ2) is 9.69. The topological polar surface area (TPSA) is 58.6 Å². The summed E-state index contributed by atoms with van der Waals surface area (Å²) in [5.41, 5.74) is 3.53. The number of nitrogens with zero attached hydrogens (tertiary/aromatic N) is 1. The van der Waals surface area contributed by atoms with Gasteiger partial charge in [0.1, 0.15) is 17.3 Å². The van der Waals surface area contributed by atoms with Crippen LogP contribution in [0.25, 0.3) is 5.57 Å². The van der Waals surface area contributed by atoms with Crippen LogP contribution in [0.3, 0.4) is 0 Å². The molecule has 2 amide bonds. The maximum atomic E-state index is 13.4. The number of imide groups is 1. The van der Waals surface area contributed by atoms with E-state index in [1.165, 1.54) is 17.0 Å². The standard InChI is InChI=1S/C27H25FN2O3/c1-3-15-33-23-6-4-5-22(16-23)29-25-24(20-11-7-18(2)8-12-20)26(31)30(27(25)32)17-19-9-13-21(28)14-10-19/h4-14,16,29H,3,15,17H2,1-2H3. The van der Waals surface area contributed by atoms with E-state index >= 15 is 0 Å². The van der Waals surface area contributed by atoms with Gasteiger partial charge in [-0.05, 0) is 48.7 Å². The number of anilines is 1. The predicted molar refractivity (Wildman–Crippen MR) is 126 cm³/mol. The van der Waals surface area contributed by atoms with Crippen LogP contribution in [-0.2, 0) is 16.1 Å².